The molecule has 0 aliphatic heterocycles. The molecule has 1 heterocycles. The van der Waals surface area contributed by atoms with E-state index in [1.807, 2.05) is 31.2 Å². The lowest BCUT2D eigenvalue weighted by Gasteiger charge is -2.05. The van der Waals surface area contributed by atoms with E-state index in [1.165, 1.54) is 5.01 Å². The monoisotopic (exact) mass is 368 g/mol. The van der Waals surface area contributed by atoms with Gasteiger partial charge >= 0.3 is 0 Å². The molecule has 2 rings (SSSR count). The molecule has 0 radical (unpaired) electrons. The number of unbranched alkanes of at least 4 members (excludes halogenated alkanes) is 1. The highest BCUT2D eigenvalue weighted by atomic mass is 35.5. The molecule has 1 N–H and O–H groups in total. The number of hydrogen-bond donors (Lipinski definition) is 1. The number of aromatic nitrogens is 1. The summed E-state index contributed by atoms with van der Waals surface area (Å²) in [6, 6.07) is 7.69. The number of carbonyl (C=O) groups is 1. The number of nitrogens with one attached hydrogen (secondary N) is 1. The maximum atomic E-state index is 11.8. The molecule has 2 aromatic rings. The fourth-order valence-electron chi connectivity index (χ4n) is 2.03. The number of benzene rings is 1. The smallest absolute Gasteiger partial charge is 0.220 e. The van der Waals surface area contributed by atoms with Crippen molar-refractivity contribution < 1.29 is 4.79 Å². The summed E-state index contributed by atoms with van der Waals surface area (Å²) >= 11 is 9.23. The number of rotatable bonds is 9. The zero-order valence-corrected chi connectivity index (χ0v) is 15.6. The summed E-state index contributed by atoms with van der Waals surface area (Å²) in [4.78, 5) is 17.3. The molecule has 0 spiro atoms. The van der Waals surface area contributed by atoms with Gasteiger partial charge in [-0.25, -0.2) is 4.98 Å². The van der Waals surface area contributed by atoms with Crippen molar-refractivity contribution in [3.63, 3.8) is 0 Å². The molecule has 1 aromatic carbocycles. The first-order chi connectivity index (χ1) is 11.1. The van der Waals surface area contributed by atoms with Gasteiger partial charge in [0.05, 0.1) is 5.01 Å². The lowest BCUT2D eigenvalue weighted by molar-refractivity contribution is -0.120. The van der Waals surface area contributed by atoms with E-state index in [0.29, 0.717) is 6.42 Å². The van der Waals surface area contributed by atoms with Crippen LogP contribution in [0.25, 0.3) is 0 Å². The van der Waals surface area contributed by atoms with Crippen molar-refractivity contribution in [1.82, 2.24) is 10.3 Å². The average molecular weight is 369 g/mol. The minimum atomic E-state index is 0.122. The second-order valence-corrected chi connectivity index (χ2v) is 7.79. The van der Waals surface area contributed by atoms with Crippen molar-refractivity contribution in [3.8, 4) is 0 Å². The highest BCUT2D eigenvalue weighted by Crippen LogP contribution is 2.20. The SMILES string of the molecule is Cc1csc(CCCCNC(=O)CCSc2ccc(Cl)cc2)n1. The molecule has 3 nitrogen and oxygen atoms in total. The molecule has 0 bridgehead atoms. The maximum Gasteiger partial charge on any atom is 0.220 e. The fraction of sp³-hybridized carbons (Fsp3) is 0.412. The normalized spacial score (nSPS) is 10.7. The number of thiazole rings is 1. The first-order valence-corrected chi connectivity index (χ1v) is 9.94. The molecule has 0 saturated heterocycles. The molecule has 23 heavy (non-hydrogen) atoms. The van der Waals surface area contributed by atoms with Crippen LogP contribution in [0.5, 0.6) is 0 Å². The van der Waals surface area contributed by atoms with Gasteiger partial charge in [0.15, 0.2) is 0 Å². The van der Waals surface area contributed by atoms with Crippen LogP contribution in [0.1, 0.15) is 30.0 Å². The first kappa shape index (κ1) is 18.3. The number of amides is 1. The Hall–Kier alpha value is -1.04. The highest BCUT2D eigenvalue weighted by Gasteiger charge is 2.03. The van der Waals surface area contributed by atoms with Crippen LogP contribution in [0.2, 0.25) is 5.02 Å². The van der Waals surface area contributed by atoms with Gasteiger partial charge in [-0.05, 0) is 50.5 Å². The van der Waals surface area contributed by atoms with E-state index in [0.717, 1.165) is 47.2 Å². The Morgan fingerprint density at radius 3 is 2.78 bits per heavy atom. The van der Waals surface area contributed by atoms with E-state index in [2.05, 4.69) is 15.7 Å². The molecule has 0 saturated carbocycles. The second kappa shape index (κ2) is 9.96. The zero-order chi connectivity index (χ0) is 16.5. The van der Waals surface area contributed by atoms with Crippen LogP contribution >= 0.6 is 34.7 Å². The molecule has 0 atom stereocenters. The van der Waals surface area contributed by atoms with Gasteiger partial charge in [0.25, 0.3) is 0 Å². The van der Waals surface area contributed by atoms with E-state index in [1.54, 1.807) is 23.1 Å². The Morgan fingerprint density at radius 2 is 2.09 bits per heavy atom. The van der Waals surface area contributed by atoms with Crippen molar-refractivity contribution in [3.05, 3.63) is 45.4 Å². The largest absolute Gasteiger partial charge is 0.356 e. The summed E-state index contributed by atoms with van der Waals surface area (Å²) in [6.45, 7) is 2.76. The van der Waals surface area contributed by atoms with Crippen LogP contribution in [0, 0.1) is 6.92 Å². The molecular formula is C17H21ClN2OS2. The van der Waals surface area contributed by atoms with E-state index < -0.39 is 0 Å². The van der Waals surface area contributed by atoms with Gasteiger partial charge in [-0.3, -0.25) is 4.79 Å². The Labute approximate surface area is 150 Å². The van der Waals surface area contributed by atoms with Crippen LogP contribution < -0.4 is 5.32 Å². The zero-order valence-electron chi connectivity index (χ0n) is 13.2. The van der Waals surface area contributed by atoms with Crippen LogP contribution in [0.4, 0.5) is 0 Å². The van der Waals surface area contributed by atoms with Crippen LogP contribution in [0.15, 0.2) is 34.5 Å². The van der Waals surface area contributed by atoms with E-state index in [-0.39, 0.29) is 5.91 Å². The van der Waals surface area contributed by atoms with E-state index in [9.17, 15) is 4.79 Å². The third-order valence-electron chi connectivity index (χ3n) is 3.22. The minimum Gasteiger partial charge on any atom is -0.356 e. The number of halogens is 1. The lowest BCUT2D eigenvalue weighted by atomic mass is 10.2. The molecule has 1 amide bonds. The minimum absolute atomic E-state index is 0.122. The van der Waals surface area contributed by atoms with Gasteiger partial charge in [0.2, 0.25) is 5.91 Å². The summed E-state index contributed by atoms with van der Waals surface area (Å²) in [5.74, 6) is 0.905. The van der Waals surface area contributed by atoms with Crippen LogP contribution in [-0.2, 0) is 11.2 Å². The van der Waals surface area contributed by atoms with Crippen molar-refractivity contribution >= 4 is 40.6 Å². The maximum absolute atomic E-state index is 11.8. The van der Waals surface area contributed by atoms with Gasteiger partial charge < -0.3 is 5.32 Å². The summed E-state index contributed by atoms with van der Waals surface area (Å²) in [5.41, 5.74) is 1.09. The van der Waals surface area contributed by atoms with Crippen LogP contribution in [-0.4, -0.2) is 23.2 Å². The Balaban J connectivity index is 1.50. The molecule has 0 unspecified atom stereocenters. The predicted molar refractivity (Wildman–Crippen MR) is 99.6 cm³/mol. The standard InChI is InChI=1S/C17H21ClN2OS2/c1-13-12-23-17(20-13)4-2-3-10-19-16(21)9-11-22-15-7-5-14(18)6-8-15/h5-8,12H,2-4,9-11H2,1H3,(H,19,21). The van der Waals surface area contributed by atoms with Gasteiger partial charge in [-0.2, -0.15) is 0 Å². The molecule has 0 aliphatic rings. The highest BCUT2D eigenvalue weighted by molar-refractivity contribution is 7.99. The predicted octanol–water partition coefficient (Wildman–Crippen LogP) is 4.73. The quantitative estimate of drug-likeness (QED) is 0.514. The van der Waals surface area contributed by atoms with Gasteiger partial charge in [-0.15, -0.1) is 23.1 Å². The average Bonchev–Trinajstić information content (AvgIpc) is 2.94. The van der Waals surface area contributed by atoms with Gasteiger partial charge in [0.1, 0.15) is 0 Å². The van der Waals surface area contributed by atoms with E-state index >= 15 is 0 Å². The summed E-state index contributed by atoms with van der Waals surface area (Å²) in [5, 5.41) is 6.98. The van der Waals surface area contributed by atoms with Crippen LogP contribution in [0.3, 0.4) is 0 Å². The molecule has 0 aliphatic carbocycles. The molecular weight excluding hydrogens is 348 g/mol. The topological polar surface area (TPSA) is 42.0 Å². The second-order valence-electron chi connectivity index (χ2n) is 5.24. The van der Waals surface area contributed by atoms with Crippen molar-refractivity contribution in [2.75, 3.05) is 12.3 Å². The molecule has 1 aromatic heterocycles. The summed E-state index contributed by atoms with van der Waals surface area (Å²) < 4.78 is 0. The third-order valence-corrected chi connectivity index (χ3v) is 5.51. The third kappa shape index (κ3) is 7.38. The summed E-state index contributed by atoms with van der Waals surface area (Å²) in [6.07, 6.45) is 3.60. The molecule has 6 heteroatoms. The Morgan fingerprint density at radius 1 is 1.30 bits per heavy atom. The Kier molecular flexibility index (Phi) is 7.92. The van der Waals surface area contributed by atoms with Crippen molar-refractivity contribution in [1.29, 1.82) is 0 Å². The summed E-state index contributed by atoms with van der Waals surface area (Å²) in [7, 11) is 0. The Bertz CT molecular complexity index is 613. The van der Waals surface area contributed by atoms with Crippen molar-refractivity contribution in [2.24, 2.45) is 0 Å². The lowest BCUT2D eigenvalue weighted by Crippen LogP contribution is -2.24. The van der Waals surface area contributed by atoms with Gasteiger partial charge in [-0.1, -0.05) is 11.6 Å². The number of carbonyl (C=O) groups excluding carboxylic acids is 1. The van der Waals surface area contributed by atoms with E-state index in [4.69, 9.17) is 11.6 Å². The number of aryl methyl sites for hydroxylation is 2. The number of hydrogen-bond acceptors (Lipinski definition) is 4. The molecule has 0 fully saturated rings. The fourth-order valence-corrected chi connectivity index (χ4v) is 3.82. The number of thioether (sulfide) groups is 1. The van der Waals surface area contributed by atoms with Gasteiger partial charge in [0, 0.05) is 39.7 Å². The number of nitrogens with zero attached hydrogens (tertiary/aromatic N) is 1. The first-order valence-electron chi connectivity index (χ1n) is 7.69. The molecule has 124 valence electrons. The van der Waals surface area contributed by atoms with Crippen molar-refractivity contribution in [2.45, 2.75) is 37.5 Å².